The number of hydrogen-bond donors (Lipinski definition) is 1. The average Bonchev–Trinajstić information content (AvgIpc) is 2.52. The molecule has 0 aliphatic carbocycles. The van der Waals surface area contributed by atoms with Gasteiger partial charge in [0.05, 0.1) is 0 Å². The van der Waals surface area contributed by atoms with Crippen molar-refractivity contribution in [3.63, 3.8) is 0 Å². The summed E-state index contributed by atoms with van der Waals surface area (Å²) in [5.74, 6) is -0.365. The number of Topliss-reactive ketones (excluding diaryl/α,β-unsaturated/α-hetero) is 1. The average molecular weight is 345 g/mol. The van der Waals surface area contributed by atoms with Crippen LogP contribution in [-0.2, 0) is 0 Å². The summed E-state index contributed by atoms with van der Waals surface area (Å²) in [6, 6.07) is 15.9. The number of carbonyl (C=O) groups excluding carboxylic acids is 2. The van der Waals surface area contributed by atoms with Gasteiger partial charge in [-0.2, -0.15) is 5.10 Å². The summed E-state index contributed by atoms with van der Waals surface area (Å²) in [7, 11) is 0. The Hall–Kier alpha value is -2.27. The van der Waals surface area contributed by atoms with Crippen molar-refractivity contribution in [3.05, 3.63) is 70.2 Å². The second kappa shape index (κ2) is 7.50. The maximum absolute atomic E-state index is 11.9. The van der Waals surface area contributed by atoms with Crippen molar-refractivity contribution in [1.29, 1.82) is 0 Å². The molecular weight excluding hydrogens is 332 g/mol. The zero-order chi connectivity index (χ0) is 15.1. The topological polar surface area (TPSA) is 58.5 Å². The number of carbonyl (C=O) groups is 2. The first kappa shape index (κ1) is 15.1. The van der Waals surface area contributed by atoms with E-state index in [9.17, 15) is 9.59 Å². The minimum Gasteiger partial charge on any atom is -0.294 e. The highest BCUT2D eigenvalue weighted by Crippen LogP contribution is 2.12. The molecule has 0 fully saturated rings. The number of rotatable bonds is 5. The van der Waals surface area contributed by atoms with Crippen molar-refractivity contribution >= 4 is 33.8 Å². The lowest BCUT2D eigenvalue weighted by molar-refractivity contribution is 0.0951. The van der Waals surface area contributed by atoms with Crippen LogP contribution in [-0.4, -0.2) is 17.9 Å². The molecule has 1 N–H and O–H groups in total. The van der Waals surface area contributed by atoms with Gasteiger partial charge in [-0.25, -0.2) is 5.43 Å². The van der Waals surface area contributed by atoms with Crippen molar-refractivity contribution in [1.82, 2.24) is 5.43 Å². The summed E-state index contributed by atoms with van der Waals surface area (Å²) in [6.07, 6.45) is 1.52. The zero-order valence-corrected chi connectivity index (χ0v) is 12.7. The maximum Gasteiger partial charge on any atom is 0.271 e. The standard InChI is InChI=1S/C16H13BrN2O2/c17-14-8-4-7-13(11-14)15(20)9-10-18-19-16(21)12-5-2-1-3-6-12/h1-8,10-11H,9H2,(H,19,21). The molecule has 106 valence electrons. The predicted molar refractivity (Wildman–Crippen MR) is 85.5 cm³/mol. The van der Waals surface area contributed by atoms with Gasteiger partial charge in [-0.3, -0.25) is 9.59 Å². The molecule has 21 heavy (non-hydrogen) atoms. The highest BCUT2D eigenvalue weighted by Gasteiger charge is 2.05. The third-order valence-corrected chi connectivity index (χ3v) is 3.21. The van der Waals surface area contributed by atoms with Gasteiger partial charge in [0.1, 0.15) is 0 Å². The summed E-state index contributed by atoms with van der Waals surface area (Å²) in [5.41, 5.74) is 3.51. The molecule has 2 aromatic rings. The van der Waals surface area contributed by atoms with Crippen LogP contribution in [0.5, 0.6) is 0 Å². The molecule has 0 heterocycles. The third kappa shape index (κ3) is 4.65. The number of amides is 1. The van der Waals surface area contributed by atoms with Crippen LogP contribution in [0.1, 0.15) is 27.1 Å². The molecule has 0 saturated heterocycles. The van der Waals surface area contributed by atoms with E-state index in [0.717, 1.165) is 4.47 Å². The van der Waals surface area contributed by atoms with Crippen LogP contribution in [0.4, 0.5) is 0 Å². The molecule has 1 amide bonds. The minimum absolute atomic E-state index is 0.0611. The second-order valence-corrected chi connectivity index (χ2v) is 5.17. The Labute approximate surface area is 131 Å². The van der Waals surface area contributed by atoms with Crippen molar-refractivity contribution in [2.75, 3.05) is 0 Å². The van der Waals surface area contributed by atoms with E-state index >= 15 is 0 Å². The molecule has 0 radical (unpaired) electrons. The molecule has 5 heteroatoms. The van der Waals surface area contributed by atoms with E-state index in [2.05, 4.69) is 26.5 Å². The van der Waals surface area contributed by atoms with E-state index in [1.54, 1.807) is 42.5 Å². The Morgan fingerprint density at radius 2 is 1.76 bits per heavy atom. The van der Waals surface area contributed by atoms with Gasteiger partial charge < -0.3 is 0 Å². The first-order valence-electron chi connectivity index (χ1n) is 6.32. The first-order valence-corrected chi connectivity index (χ1v) is 7.12. The van der Waals surface area contributed by atoms with Gasteiger partial charge in [0.2, 0.25) is 0 Å². The molecule has 0 bridgehead atoms. The fraction of sp³-hybridized carbons (Fsp3) is 0.0625. The van der Waals surface area contributed by atoms with Crippen LogP contribution in [0, 0.1) is 0 Å². The third-order valence-electron chi connectivity index (χ3n) is 2.72. The number of ketones is 1. The molecular formula is C16H13BrN2O2. The largest absolute Gasteiger partial charge is 0.294 e. The highest BCUT2D eigenvalue weighted by atomic mass is 79.9. The lowest BCUT2D eigenvalue weighted by atomic mass is 10.1. The molecule has 2 aromatic carbocycles. The molecule has 0 aliphatic heterocycles. The normalized spacial score (nSPS) is 10.5. The van der Waals surface area contributed by atoms with E-state index in [-0.39, 0.29) is 18.1 Å². The number of halogens is 1. The fourth-order valence-corrected chi connectivity index (χ4v) is 2.07. The minimum atomic E-state index is -0.304. The van der Waals surface area contributed by atoms with Crippen molar-refractivity contribution in [2.45, 2.75) is 6.42 Å². The molecule has 0 unspecified atom stereocenters. The van der Waals surface area contributed by atoms with Gasteiger partial charge in [-0.1, -0.05) is 46.3 Å². The molecule has 0 aliphatic rings. The van der Waals surface area contributed by atoms with Gasteiger partial charge in [0, 0.05) is 28.2 Å². The number of nitrogens with one attached hydrogen (secondary N) is 1. The van der Waals surface area contributed by atoms with E-state index in [1.165, 1.54) is 6.21 Å². The number of hydrazone groups is 1. The smallest absolute Gasteiger partial charge is 0.271 e. The lowest BCUT2D eigenvalue weighted by Gasteiger charge is -1.99. The van der Waals surface area contributed by atoms with Gasteiger partial charge in [0.25, 0.3) is 5.91 Å². The fourth-order valence-electron chi connectivity index (χ4n) is 1.67. The van der Waals surface area contributed by atoms with Crippen molar-refractivity contribution in [2.24, 2.45) is 5.10 Å². The van der Waals surface area contributed by atoms with Crippen LogP contribution < -0.4 is 5.43 Å². The summed E-state index contributed by atoms with van der Waals surface area (Å²) in [5, 5.41) is 3.78. The predicted octanol–water partition coefficient (Wildman–Crippen LogP) is 3.44. The van der Waals surface area contributed by atoms with E-state index in [0.29, 0.717) is 11.1 Å². The molecule has 0 atom stereocenters. The van der Waals surface area contributed by atoms with Crippen molar-refractivity contribution in [3.8, 4) is 0 Å². The van der Waals surface area contributed by atoms with Gasteiger partial charge in [-0.05, 0) is 24.3 Å². The quantitative estimate of drug-likeness (QED) is 0.513. The molecule has 0 spiro atoms. The summed E-state index contributed by atoms with van der Waals surface area (Å²) in [6.45, 7) is 0. The number of nitrogens with zero attached hydrogens (tertiary/aromatic N) is 1. The van der Waals surface area contributed by atoms with Crippen LogP contribution in [0.2, 0.25) is 0 Å². The highest BCUT2D eigenvalue weighted by molar-refractivity contribution is 9.10. The Kier molecular flexibility index (Phi) is 5.40. The van der Waals surface area contributed by atoms with E-state index < -0.39 is 0 Å². The molecule has 4 nitrogen and oxygen atoms in total. The van der Waals surface area contributed by atoms with Crippen molar-refractivity contribution < 1.29 is 9.59 Å². The molecule has 0 aromatic heterocycles. The van der Waals surface area contributed by atoms with Crippen LogP contribution >= 0.6 is 15.9 Å². The number of hydrogen-bond acceptors (Lipinski definition) is 3. The van der Waals surface area contributed by atoms with Crippen LogP contribution in [0.3, 0.4) is 0 Å². The first-order chi connectivity index (χ1) is 10.2. The Morgan fingerprint density at radius 3 is 2.48 bits per heavy atom. The van der Waals surface area contributed by atoms with Gasteiger partial charge in [-0.15, -0.1) is 0 Å². The van der Waals surface area contributed by atoms with E-state index in [4.69, 9.17) is 0 Å². The summed E-state index contributed by atoms with van der Waals surface area (Å²) >= 11 is 3.31. The summed E-state index contributed by atoms with van der Waals surface area (Å²) in [4.78, 5) is 23.6. The Balaban J connectivity index is 1.86. The van der Waals surface area contributed by atoms with Crippen LogP contribution in [0.25, 0.3) is 0 Å². The van der Waals surface area contributed by atoms with Crippen LogP contribution in [0.15, 0.2) is 64.2 Å². The Morgan fingerprint density at radius 1 is 1.05 bits per heavy atom. The lowest BCUT2D eigenvalue weighted by Crippen LogP contribution is -2.17. The number of benzene rings is 2. The SMILES string of the molecule is O=C(CC=NNC(=O)c1ccccc1)c1cccc(Br)c1. The summed E-state index contributed by atoms with van der Waals surface area (Å²) < 4.78 is 0.850. The Bertz CT molecular complexity index is 669. The second-order valence-electron chi connectivity index (χ2n) is 4.26. The monoisotopic (exact) mass is 344 g/mol. The van der Waals surface area contributed by atoms with Gasteiger partial charge >= 0.3 is 0 Å². The van der Waals surface area contributed by atoms with Gasteiger partial charge in [0.15, 0.2) is 5.78 Å². The maximum atomic E-state index is 11.9. The molecule has 0 saturated carbocycles. The van der Waals surface area contributed by atoms with E-state index in [1.807, 2.05) is 12.1 Å². The zero-order valence-electron chi connectivity index (χ0n) is 11.1. The molecule has 2 rings (SSSR count).